The molecule has 31 heavy (non-hydrogen) atoms. The first kappa shape index (κ1) is 20.7. The molecule has 1 amide bonds. The van der Waals surface area contributed by atoms with E-state index in [9.17, 15) is 25.0 Å². The van der Waals surface area contributed by atoms with Crippen molar-refractivity contribution in [3.63, 3.8) is 0 Å². The van der Waals surface area contributed by atoms with Crippen molar-refractivity contribution in [2.24, 2.45) is 0 Å². The molecular weight excluding hydrogens is 442 g/mol. The Morgan fingerprint density at radius 2 is 1.52 bits per heavy atom. The molecule has 1 aromatic heterocycles. The van der Waals surface area contributed by atoms with Crippen molar-refractivity contribution in [1.82, 2.24) is 0 Å². The van der Waals surface area contributed by atoms with Crippen LogP contribution >= 0.6 is 24.4 Å². The van der Waals surface area contributed by atoms with Crippen molar-refractivity contribution >= 4 is 53.4 Å². The second-order valence-corrected chi connectivity index (χ2v) is 8.37. The Morgan fingerprint density at radius 1 is 0.935 bits per heavy atom. The SMILES string of the molecule is O=C1/C(=C/c2ccc(-c3ccc([N+](=O)[O-])cc3)o2)SC(S)N1c1ccc([N+](=O)[O-])cc1. The molecule has 4 rings (SSSR count). The number of thiol groups is 1. The number of carbonyl (C=O) groups is 1. The Bertz CT molecular complexity index is 1200. The van der Waals surface area contributed by atoms with Crippen LogP contribution in [0.5, 0.6) is 0 Å². The number of amides is 1. The highest BCUT2D eigenvalue weighted by atomic mass is 32.2. The summed E-state index contributed by atoms with van der Waals surface area (Å²) in [4.78, 5) is 35.3. The molecule has 0 N–H and O–H groups in total. The van der Waals surface area contributed by atoms with Crippen LogP contribution in [0.4, 0.5) is 17.1 Å². The van der Waals surface area contributed by atoms with Gasteiger partial charge in [0.05, 0.1) is 14.8 Å². The van der Waals surface area contributed by atoms with Gasteiger partial charge in [-0.25, -0.2) is 0 Å². The first-order chi connectivity index (χ1) is 14.8. The van der Waals surface area contributed by atoms with Crippen molar-refractivity contribution in [2.75, 3.05) is 4.90 Å². The van der Waals surface area contributed by atoms with Crippen molar-refractivity contribution in [1.29, 1.82) is 0 Å². The zero-order chi connectivity index (χ0) is 22.1. The molecule has 1 aliphatic rings. The van der Waals surface area contributed by atoms with Crippen LogP contribution in [-0.4, -0.2) is 20.5 Å². The molecule has 156 valence electrons. The fourth-order valence-electron chi connectivity index (χ4n) is 2.97. The molecule has 0 saturated carbocycles. The molecule has 0 spiro atoms. The van der Waals surface area contributed by atoms with E-state index in [1.807, 2.05) is 0 Å². The number of rotatable bonds is 5. The van der Waals surface area contributed by atoms with Crippen LogP contribution in [0, 0.1) is 20.2 Å². The van der Waals surface area contributed by atoms with Gasteiger partial charge in [-0.3, -0.25) is 29.9 Å². The van der Waals surface area contributed by atoms with Gasteiger partial charge in [-0.1, -0.05) is 11.8 Å². The minimum absolute atomic E-state index is 0.0169. The highest BCUT2D eigenvalue weighted by molar-refractivity contribution is 8.14. The van der Waals surface area contributed by atoms with Crippen LogP contribution in [0.1, 0.15) is 5.76 Å². The number of carbonyl (C=O) groups excluding carboxylic acids is 1. The van der Waals surface area contributed by atoms with Gasteiger partial charge in [-0.05, 0) is 36.4 Å². The fourth-order valence-corrected chi connectivity index (χ4v) is 4.49. The van der Waals surface area contributed by atoms with E-state index in [1.54, 1.807) is 30.3 Å². The third-order valence-electron chi connectivity index (χ3n) is 4.48. The molecule has 0 radical (unpaired) electrons. The average molecular weight is 455 g/mol. The number of nitro benzene ring substituents is 2. The van der Waals surface area contributed by atoms with Gasteiger partial charge in [0.1, 0.15) is 16.2 Å². The molecule has 0 bridgehead atoms. The van der Waals surface area contributed by atoms with E-state index in [1.165, 1.54) is 53.1 Å². The zero-order valence-corrected chi connectivity index (χ0v) is 17.3. The lowest BCUT2D eigenvalue weighted by atomic mass is 10.1. The molecule has 3 aromatic rings. The van der Waals surface area contributed by atoms with Gasteiger partial charge in [0, 0.05) is 41.6 Å². The van der Waals surface area contributed by atoms with Crippen LogP contribution in [0.3, 0.4) is 0 Å². The summed E-state index contributed by atoms with van der Waals surface area (Å²) in [7, 11) is 0. The van der Waals surface area contributed by atoms with Gasteiger partial charge in [0.2, 0.25) is 0 Å². The summed E-state index contributed by atoms with van der Waals surface area (Å²) in [6.07, 6.45) is 1.59. The molecule has 2 heterocycles. The van der Waals surface area contributed by atoms with Gasteiger partial charge in [-0.2, -0.15) is 0 Å². The monoisotopic (exact) mass is 455 g/mol. The predicted octanol–water partition coefficient (Wildman–Crippen LogP) is 5.10. The Balaban J connectivity index is 1.55. The number of furan rings is 1. The third kappa shape index (κ3) is 4.18. The number of thioether (sulfide) groups is 1. The smallest absolute Gasteiger partial charge is 0.269 e. The summed E-state index contributed by atoms with van der Waals surface area (Å²) >= 11 is 5.67. The Labute approximate surface area is 185 Å². The van der Waals surface area contributed by atoms with Crippen LogP contribution in [-0.2, 0) is 4.79 Å². The Kier molecular flexibility index (Phi) is 5.53. The largest absolute Gasteiger partial charge is 0.457 e. The summed E-state index contributed by atoms with van der Waals surface area (Å²) in [5.74, 6) is 0.647. The van der Waals surface area contributed by atoms with E-state index in [2.05, 4.69) is 12.6 Å². The van der Waals surface area contributed by atoms with E-state index < -0.39 is 14.6 Å². The Hall–Kier alpha value is -3.57. The predicted molar refractivity (Wildman–Crippen MR) is 120 cm³/mol. The van der Waals surface area contributed by atoms with Crippen LogP contribution < -0.4 is 4.90 Å². The summed E-state index contributed by atoms with van der Waals surface area (Å²) in [5, 5.41) is 21.6. The lowest BCUT2D eigenvalue weighted by Crippen LogP contribution is -2.28. The third-order valence-corrected chi connectivity index (χ3v) is 6.00. The molecule has 1 unspecified atom stereocenters. The van der Waals surface area contributed by atoms with E-state index in [0.29, 0.717) is 27.7 Å². The van der Waals surface area contributed by atoms with Crippen molar-refractivity contribution in [3.8, 4) is 11.3 Å². The first-order valence-electron chi connectivity index (χ1n) is 8.82. The van der Waals surface area contributed by atoms with E-state index in [4.69, 9.17) is 4.42 Å². The first-order valence-corrected chi connectivity index (χ1v) is 10.2. The minimum Gasteiger partial charge on any atom is -0.457 e. The average Bonchev–Trinajstić information content (AvgIpc) is 3.32. The van der Waals surface area contributed by atoms with Crippen LogP contribution in [0.25, 0.3) is 17.4 Å². The number of anilines is 1. The highest BCUT2D eigenvalue weighted by Crippen LogP contribution is 2.41. The van der Waals surface area contributed by atoms with Gasteiger partial charge < -0.3 is 4.42 Å². The molecule has 2 aromatic carbocycles. The molecule has 0 aliphatic carbocycles. The lowest BCUT2D eigenvalue weighted by molar-refractivity contribution is -0.385. The Morgan fingerprint density at radius 3 is 2.10 bits per heavy atom. The summed E-state index contributed by atoms with van der Waals surface area (Å²) in [6.45, 7) is 0. The maximum atomic E-state index is 12.9. The number of nitrogens with zero attached hydrogens (tertiary/aromatic N) is 3. The molecule has 1 saturated heterocycles. The van der Waals surface area contributed by atoms with Crippen molar-refractivity contribution < 1.29 is 19.1 Å². The zero-order valence-electron chi connectivity index (χ0n) is 15.6. The van der Waals surface area contributed by atoms with Gasteiger partial charge in [0.25, 0.3) is 17.3 Å². The summed E-state index contributed by atoms with van der Waals surface area (Å²) in [5.41, 5.74) is 1.08. The maximum Gasteiger partial charge on any atom is 0.269 e. The topological polar surface area (TPSA) is 120 Å². The highest BCUT2D eigenvalue weighted by Gasteiger charge is 2.35. The summed E-state index contributed by atoms with van der Waals surface area (Å²) in [6, 6.07) is 15.0. The van der Waals surface area contributed by atoms with Crippen molar-refractivity contribution in [2.45, 2.75) is 4.71 Å². The van der Waals surface area contributed by atoms with Gasteiger partial charge in [-0.15, -0.1) is 12.6 Å². The standard InChI is InChI=1S/C20H13N3O6S2/c24-19-18(31-20(30)21(19)13-5-7-15(8-6-13)23(27)28)11-16-9-10-17(29-16)12-1-3-14(4-2-12)22(25)26/h1-11,20,30H/b18-11-. The van der Waals surface area contributed by atoms with Crippen LogP contribution in [0.2, 0.25) is 0 Å². The van der Waals surface area contributed by atoms with E-state index in [0.717, 1.165) is 0 Å². The van der Waals surface area contributed by atoms with Crippen LogP contribution in [0.15, 0.2) is 70.0 Å². The van der Waals surface area contributed by atoms with E-state index >= 15 is 0 Å². The minimum atomic E-state index is -0.507. The van der Waals surface area contributed by atoms with Gasteiger partial charge >= 0.3 is 0 Å². The summed E-state index contributed by atoms with van der Waals surface area (Å²) < 4.78 is 5.27. The number of nitro groups is 2. The number of hydrogen-bond donors (Lipinski definition) is 1. The van der Waals surface area contributed by atoms with Gasteiger partial charge in [0.15, 0.2) is 0 Å². The molecule has 11 heteroatoms. The fraction of sp³-hybridized carbons (Fsp3) is 0.0500. The molecule has 1 aliphatic heterocycles. The van der Waals surface area contributed by atoms with E-state index in [-0.39, 0.29) is 17.3 Å². The molecular formula is C20H13N3O6S2. The number of hydrogen-bond acceptors (Lipinski definition) is 8. The quantitative estimate of drug-likeness (QED) is 0.246. The maximum absolute atomic E-state index is 12.9. The second-order valence-electron chi connectivity index (χ2n) is 6.41. The normalized spacial score (nSPS) is 17.3. The lowest BCUT2D eigenvalue weighted by Gasteiger charge is -2.18. The molecule has 1 atom stereocenters. The molecule has 9 nitrogen and oxygen atoms in total. The number of benzene rings is 2. The van der Waals surface area contributed by atoms with Crippen molar-refractivity contribution in [3.05, 3.63) is 91.6 Å². The second kappa shape index (κ2) is 8.28. The molecule has 1 fully saturated rings. The number of non-ortho nitro benzene ring substituents is 2.